The third kappa shape index (κ3) is 3.28. The van der Waals surface area contributed by atoms with E-state index < -0.39 is 10.0 Å². The van der Waals surface area contributed by atoms with E-state index in [1.807, 2.05) is 12.1 Å². The average molecular weight is 450 g/mol. The summed E-state index contributed by atoms with van der Waals surface area (Å²) in [5, 5.41) is 3.81. The van der Waals surface area contributed by atoms with Gasteiger partial charge in [0.05, 0.1) is 21.8 Å². The van der Waals surface area contributed by atoms with Crippen LogP contribution in [-0.4, -0.2) is 30.4 Å². The van der Waals surface area contributed by atoms with Crippen LogP contribution in [0.3, 0.4) is 0 Å². The molecule has 1 spiro atoms. The largest absolute Gasteiger partial charge is 0.372 e. The van der Waals surface area contributed by atoms with Gasteiger partial charge in [-0.05, 0) is 80.1 Å². The van der Waals surface area contributed by atoms with Crippen LogP contribution in [0.5, 0.6) is 0 Å². The van der Waals surface area contributed by atoms with Crippen LogP contribution in [0.25, 0.3) is 5.69 Å². The SMILES string of the molecule is CCCc1ccc(S(=O)(=O)N2CCC3(CC2)Nc2ccc(C)c(C)c2-n2cccc23)cc1. The van der Waals surface area contributed by atoms with E-state index in [2.05, 4.69) is 61.1 Å². The summed E-state index contributed by atoms with van der Waals surface area (Å²) in [4.78, 5) is 0.393. The second kappa shape index (κ2) is 7.78. The van der Waals surface area contributed by atoms with Crippen LogP contribution in [-0.2, 0) is 22.0 Å². The molecule has 1 fully saturated rings. The summed E-state index contributed by atoms with van der Waals surface area (Å²) >= 11 is 0. The Labute approximate surface area is 191 Å². The van der Waals surface area contributed by atoms with Crippen molar-refractivity contribution in [1.82, 2.24) is 8.87 Å². The third-order valence-electron chi connectivity index (χ3n) is 7.23. The molecule has 0 amide bonds. The van der Waals surface area contributed by atoms with Gasteiger partial charge in [0.25, 0.3) is 0 Å². The number of rotatable bonds is 4. The smallest absolute Gasteiger partial charge is 0.243 e. The Bertz CT molecular complexity index is 1250. The van der Waals surface area contributed by atoms with Gasteiger partial charge in [0.2, 0.25) is 10.0 Å². The molecule has 0 bridgehead atoms. The van der Waals surface area contributed by atoms with E-state index in [1.165, 1.54) is 28.1 Å². The van der Waals surface area contributed by atoms with Gasteiger partial charge in [-0.2, -0.15) is 4.31 Å². The van der Waals surface area contributed by atoms with Gasteiger partial charge in [-0.15, -0.1) is 0 Å². The van der Waals surface area contributed by atoms with Crippen LogP contribution >= 0.6 is 0 Å². The Kier molecular flexibility index (Phi) is 5.18. The normalized spacial score (nSPS) is 17.6. The molecule has 32 heavy (non-hydrogen) atoms. The van der Waals surface area contributed by atoms with E-state index >= 15 is 0 Å². The van der Waals surface area contributed by atoms with Crippen LogP contribution in [0.4, 0.5) is 5.69 Å². The van der Waals surface area contributed by atoms with E-state index in [0.717, 1.165) is 31.4 Å². The molecule has 0 atom stereocenters. The first kappa shape index (κ1) is 21.3. The van der Waals surface area contributed by atoms with Gasteiger partial charge in [-0.1, -0.05) is 31.5 Å². The number of hydrogen-bond acceptors (Lipinski definition) is 3. The second-order valence-electron chi connectivity index (χ2n) is 9.17. The number of sulfonamides is 1. The lowest BCUT2D eigenvalue weighted by Gasteiger charge is -2.46. The van der Waals surface area contributed by atoms with Crippen LogP contribution in [0, 0.1) is 13.8 Å². The molecule has 2 aliphatic heterocycles. The lowest BCUT2D eigenvalue weighted by molar-refractivity contribution is 0.247. The fourth-order valence-corrected chi connectivity index (χ4v) is 6.70. The van der Waals surface area contributed by atoms with Gasteiger partial charge in [-0.25, -0.2) is 8.42 Å². The highest BCUT2D eigenvalue weighted by molar-refractivity contribution is 7.89. The number of nitrogens with zero attached hydrogens (tertiary/aromatic N) is 2. The Morgan fingerprint density at radius 2 is 1.72 bits per heavy atom. The average Bonchev–Trinajstić information content (AvgIpc) is 3.28. The Morgan fingerprint density at radius 1 is 1.00 bits per heavy atom. The molecule has 168 valence electrons. The van der Waals surface area contributed by atoms with Crippen LogP contribution in [0.15, 0.2) is 59.6 Å². The molecule has 1 N–H and O–H groups in total. The highest BCUT2D eigenvalue weighted by atomic mass is 32.2. The van der Waals surface area contributed by atoms with Gasteiger partial charge in [-0.3, -0.25) is 0 Å². The first-order chi connectivity index (χ1) is 15.4. The maximum atomic E-state index is 13.3. The number of aromatic nitrogens is 1. The zero-order chi connectivity index (χ0) is 22.5. The molecule has 1 saturated heterocycles. The van der Waals surface area contributed by atoms with Crippen molar-refractivity contribution in [2.75, 3.05) is 18.4 Å². The quantitative estimate of drug-likeness (QED) is 0.599. The van der Waals surface area contributed by atoms with Gasteiger partial charge in [0.15, 0.2) is 0 Å². The topological polar surface area (TPSA) is 54.3 Å². The number of anilines is 1. The summed E-state index contributed by atoms with van der Waals surface area (Å²) in [5.41, 5.74) is 7.02. The summed E-state index contributed by atoms with van der Waals surface area (Å²) in [5.74, 6) is 0. The number of hydrogen-bond donors (Lipinski definition) is 1. The lowest BCUT2D eigenvalue weighted by Crippen LogP contribution is -2.51. The minimum absolute atomic E-state index is 0.255. The maximum Gasteiger partial charge on any atom is 0.243 e. The minimum atomic E-state index is -3.49. The zero-order valence-electron chi connectivity index (χ0n) is 19.1. The molecule has 5 nitrogen and oxygen atoms in total. The molecule has 5 rings (SSSR count). The lowest BCUT2D eigenvalue weighted by atomic mass is 9.82. The van der Waals surface area contributed by atoms with Crippen molar-refractivity contribution in [2.45, 2.75) is 56.9 Å². The summed E-state index contributed by atoms with van der Waals surface area (Å²) < 4.78 is 30.6. The summed E-state index contributed by atoms with van der Waals surface area (Å²) in [6.07, 6.45) is 5.62. The molecule has 3 aromatic rings. The summed E-state index contributed by atoms with van der Waals surface area (Å²) in [6.45, 7) is 7.43. The van der Waals surface area contributed by atoms with Crippen molar-refractivity contribution in [3.63, 3.8) is 0 Å². The van der Waals surface area contributed by atoms with E-state index in [-0.39, 0.29) is 5.54 Å². The fraction of sp³-hybridized carbons (Fsp3) is 0.385. The number of fused-ring (bicyclic) bond motifs is 4. The van der Waals surface area contributed by atoms with Crippen LogP contribution in [0.2, 0.25) is 0 Å². The molecule has 0 unspecified atom stereocenters. The molecule has 1 aromatic heterocycles. The fourth-order valence-electron chi connectivity index (χ4n) is 5.26. The molecule has 3 heterocycles. The molecule has 0 saturated carbocycles. The molecule has 0 aliphatic carbocycles. The summed E-state index contributed by atoms with van der Waals surface area (Å²) in [6, 6.07) is 16.0. The standard InChI is InChI=1S/C26H31N3O2S/c1-4-6-21-9-11-22(12-10-21)32(30,31)28-17-14-26(15-18-28)24-7-5-16-29(24)25-20(3)19(2)8-13-23(25)27-26/h5,7-13,16,27H,4,6,14-15,17-18H2,1-3H3. The van der Waals surface area contributed by atoms with Crippen molar-refractivity contribution in [3.05, 3.63) is 77.1 Å². The highest BCUT2D eigenvalue weighted by Gasteiger charge is 2.44. The van der Waals surface area contributed by atoms with Crippen molar-refractivity contribution in [2.24, 2.45) is 0 Å². The molecule has 2 aliphatic rings. The number of aryl methyl sites for hydroxylation is 2. The first-order valence-electron chi connectivity index (χ1n) is 11.5. The number of benzene rings is 2. The van der Waals surface area contributed by atoms with Gasteiger partial charge in [0, 0.05) is 25.0 Å². The monoisotopic (exact) mass is 449 g/mol. The molecule has 0 radical (unpaired) electrons. The highest BCUT2D eigenvalue weighted by Crippen LogP contribution is 2.45. The molecule has 6 heteroatoms. The van der Waals surface area contributed by atoms with Gasteiger partial charge >= 0.3 is 0 Å². The number of piperidine rings is 1. The van der Waals surface area contributed by atoms with Crippen molar-refractivity contribution in [3.8, 4) is 5.69 Å². The van der Waals surface area contributed by atoms with Crippen molar-refractivity contribution in [1.29, 1.82) is 0 Å². The van der Waals surface area contributed by atoms with E-state index in [0.29, 0.717) is 18.0 Å². The first-order valence-corrected chi connectivity index (χ1v) is 13.0. The number of nitrogens with one attached hydrogen (secondary N) is 1. The van der Waals surface area contributed by atoms with Crippen molar-refractivity contribution >= 4 is 15.7 Å². The Balaban J connectivity index is 1.41. The van der Waals surface area contributed by atoms with Gasteiger partial charge < -0.3 is 9.88 Å². The Morgan fingerprint density at radius 3 is 2.41 bits per heavy atom. The molecular formula is C26H31N3O2S. The predicted molar refractivity (Wildman–Crippen MR) is 129 cm³/mol. The maximum absolute atomic E-state index is 13.3. The second-order valence-corrected chi connectivity index (χ2v) is 11.1. The minimum Gasteiger partial charge on any atom is -0.372 e. The van der Waals surface area contributed by atoms with Crippen LogP contribution in [0.1, 0.15) is 48.6 Å². The summed E-state index contributed by atoms with van der Waals surface area (Å²) in [7, 11) is -3.49. The van der Waals surface area contributed by atoms with Crippen molar-refractivity contribution < 1.29 is 8.42 Å². The molecule has 2 aromatic carbocycles. The van der Waals surface area contributed by atoms with Gasteiger partial charge in [0.1, 0.15) is 0 Å². The van der Waals surface area contributed by atoms with Crippen LogP contribution < -0.4 is 5.32 Å². The van der Waals surface area contributed by atoms with E-state index in [9.17, 15) is 8.42 Å². The van der Waals surface area contributed by atoms with E-state index in [4.69, 9.17) is 0 Å². The zero-order valence-corrected chi connectivity index (χ0v) is 19.9. The Hall–Kier alpha value is -2.57. The molecular weight excluding hydrogens is 418 g/mol. The predicted octanol–water partition coefficient (Wildman–Crippen LogP) is 5.15. The van der Waals surface area contributed by atoms with E-state index in [1.54, 1.807) is 16.4 Å². The third-order valence-corrected chi connectivity index (χ3v) is 9.14.